The molecule has 30 heavy (non-hydrogen) atoms. The monoisotopic (exact) mass is 446 g/mol. The van der Waals surface area contributed by atoms with Gasteiger partial charge in [-0.1, -0.05) is 25.6 Å². The molecule has 1 fully saturated rings. The molecule has 170 valence electrons. The minimum atomic E-state index is -1.31. The second-order valence-electron chi connectivity index (χ2n) is 7.68. The van der Waals surface area contributed by atoms with Crippen molar-refractivity contribution in [3.8, 4) is 0 Å². The van der Waals surface area contributed by atoms with Crippen molar-refractivity contribution in [2.75, 3.05) is 25.4 Å². The molecule has 2 atom stereocenters. The molecule has 0 aromatic carbocycles. The van der Waals surface area contributed by atoms with Gasteiger partial charge in [-0.2, -0.15) is 0 Å². The quantitative estimate of drug-likeness (QED) is 0.493. The second kappa shape index (κ2) is 12.5. The Kier molecular flexibility index (Phi) is 10.8. The average Bonchev–Trinajstić information content (AvgIpc) is 2.65. The predicted molar refractivity (Wildman–Crippen MR) is 108 cm³/mol. The molecule has 10 nitrogen and oxygen atoms in total. The number of esters is 2. The van der Waals surface area contributed by atoms with Crippen LogP contribution in [0.4, 0.5) is 0 Å². The summed E-state index contributed by atoms with van der Waals surface area (Å²) in [6, 6.07) is 0. The molecule has 1 aliphatic rings. The van der Waals surface area contributed by atoms with E-state index in [-0.39, 0.29) is 49.9 Å². The van der Waals surface area contributed by atoms with Gasteiger partial charge in [0.25, 0.3) is 5.91 Å². The summed E-state index contributed by atoms with van der Waals surface area (Å²) in [5, 5.41) is 14.2. The third-order valence-corrected chi connectivity index (χ3v) is 5.07. The van der Waals surface area contributed by atoms with Crippen molar-refractivity contribution in [1.29, 1.82) is 0 Å². The van der Waals surface area contributed by atoms with Gasteiger partial charge in [0.15, 0.2) is 11.2 Å². The minimum Gasteiger partial charge on any atom is -0.465 e. The van der Waals surface area contributed by atoms with Crippen LogP contribution in [-0.4, -0.2) is 71.6 Å². The lowest BCUT2D eigenvalue weighted by Gasteiger charge is -2.32. The average molecular weight is 447 g/mol. The van der Waals surface area contributed by atoms with Gasteiger partial charge in [0.1, 0.15) is 6.61 Å². The molecule has 0 aromatic heterocycles. The molecule has 0 aromatic rings. The van der Waals surface area contributed by atoms with Gasteiger partial charge in [-0.05, 0) is 6.92 Å². The maximum atomic E-state index is 12.7. The fourth-order valence-corrected chi connectivity index (χ4v) is 3.19. The molecule has 1 rings (SSSR count). The molecule has 0 saturated carbocycles. The molecule has 3 N–H and O–H groups in total. The number of rotatable bonds is 5. The Morgan fingerprint density at radius 3 is 2.57 bits per heavy atom. The predicted octanol–water partition coefficient (Wildman–Crippen LogP) is -0.0854. The van der Waals surface area contributed by atoms with E-state index in [0.717, 1.165) is 11.8 Å². The van der Waals surface area contributed by atoms with Gasteiger partial charge in [-0.15, -0.1) is 0 Å². The first-order chi connectivity index (χ1) is 14.0. The van der Waals surface area contributed by atoms with Gasteiger partial charge >= 0.3 is 11.9 Å². The van der Waals surface area contributed by atoms with Gasteiger partial charge in [0.05, 0.1) is 18.9 Å². The van der Waals surface area contributed by atoms with Crippen molar-refractivity contribution < 1.29 is 38.6 Å². The van der Waals surface area contributed by atoms with Crippen molar-refractivity contribution in [2.24, 2.45) is 5.41 Å². The molecule has 0 spiro atoms. The highest BCUT2D eigenvalue weighted by atomic mass is 32.2. The number of carbonyl (C=O) groups is 5. The highest BCUT2D eigenvalue weighted by Crippen LogP contribution is 2.26. The fraction of sp³-hybridized carbons (Fsp3) is 0.737. The summed E-state index contributed by atoms with van der Waals surface area (Å²) in [4.78, 5) is 60.3. The zero-order valence-electron chi connectivity index (χ0n) is 17.5. The van der Waals surface area contributed by atoms with Crippen molar-refractivity contribution in [3.05, 3.63) is 0 Å². The first-order valence-electron chi connectivity index (χ1n) is 9.74. The Balaban J connectivity index is 2.88. The van der Waals surface area contributed by atoms with E-state index in [1.165, 1.54) is 6.92 Å². The van der Waals surface area contributed by atoms with Crippen molar-refractivity contribution in [1.82, 2.24) is 10.6 Å². The first kappa shape index (κ1) is 25.9. The van der Waals surface area contributed by atoms with Crippen LogP contribution in [0, 0.1) is 5.41 Å². The van der Waals surface area contributed by atoms with Crippen molar-refractivity contribution in [2.45, 2.75) is 58.7 Å². The van der Waals surface area contributed by atoms with Crippen LogP contribution in [0.3, 0.4) is 0 Å². The summed E-state index contributed by atoms with van der Waals surface area (Å²) < 4.78 is 10.5. The lowest BCUT2D eigenvalue weighted by Crippen LogP contribution is -2.49. The van der Waals surface area contributed by atoms with Crippen LogP contribution >= 0.6 is 11.8 Å². The summed E-state index contributed by atoms with van der Waals surface area (Å²) in [6.45, 7) is 4.71. The Bertz CT molecular complexity index is 650. The van der Waals surface area contributed by atoms with E-state index >= 15 is 0 Å². The van der Waals surface area contributed by atoms with E-state index < -0.39 is 35.5 Å². The third kappa shape index (κ3) is 10.1. The maximum absolute atomic E-state index is 12.7. The number of hydrogen-bond donors (Lipinski definition) is 3. The van der Waals surface area contributed by atoms with Crippen LogP contribution in [-0.2, 0) is 33.4 Å². The molecular formula is C19H30N2O8S. The minimum absolute atomic E-state index is 0.0226. The van der Waals surface area contributed by atoms with Crippen LogP contribution in [0.2, 0.25) is 0 Å². The molecule has 1 saturated heterocycles. The molecular weight excluding hydrogens is 416 g/mol. The van der Waals surface area contributed by atoms with Crippen LogP contribution in [0.1, 0.15) is 46.5 Å². The van der Waals surface area contributed by atoms with Crippen molar-refractivity contribution in [3.63, 3.8) is 0 Å². The van der Waals surface area contributed by atoms with E-state index in [2.05, 4.69) is 10.6 Å². The number of thioether (sulfide) groups is 1. The number of ether oxygens (including phenoxy) is 2. The molecule has 0 radical (unpaired) electrons. The number of hydrogen-bond acceptors (Lipinski definition) is 9. The van der Waals surface area contributed by atoms with Gasteiger partial charge in [0, 0.05) is 37.1 Å². The number of amides is 2. The zero-order valence-corrected chi connectivity index (χ0v) is 18.3. The molecule has 1 heterocycles. The van der Waals surface area contributed by atoms with Crippen LogP contribution in [0.15, 0.2) is 0 Å². The van der Waals surface area contributed by atoms with Gasteiger partial charge in [-0.3, -0.25) is 24.0 Å². The Morgan fingerprint density at radius 1 is 1.20 bits per heavy atom. The van der Waals surface area contributed by atoms with E-state index in [9.17, 15) is 29.1 Å². The Hall–Kier alpha value is -2.14. The summed E-state index contributed by atoms with van der Waals surface area (Å²) >= 11 is 1.01. The lowest BCUT2D eigenvalue weighted by atomic mass is 9.86. The van der Waals surface area contributed by atoms with Crippen LogP contribution in [0.25, 0.3) is 0 Å². The summed E-state index contributed by atoms with van der Waals surface area (Å²) in [5.74, 6) is -1.90. The van der Waals surface area contributed by atoms with Gasteiger partial charge in [0.2, 0.25) is 5.91 Å². The topological polar surface area (TPSA) is 148 Å². The number of carbonyl (C=O) groups excluding carboxylic acids is 5. The summed E-state index contributed by atoms with van der Waals surface area (Å²) in [7, 11) is 0. The zero-order chi connectivity index (χ0) is 22.7. The maximum Gasteiger partial charge on any atom is 0.308 e. The number of aliphatic hydroxyl groups excluding tert-OH is 1. The van der Waals surface area contributed by atoms with Crippen LogP contribution < -0.4 is 10.6 Å². The number of aliphatic hydroxyl groups is 1. The smallest absolute Gasteiger partial charge is 0.308 e. The standard InChI is InChI=1S/C19H30N2O8S/c1-12(22)10-15(25)28-11-19(2,3)17-18(27)21-7-6-13(23)20-8-9-30-16(26)5-4-14(24)29-17/h12,17,22H,4-11H2,1-3H3,(H,20,23)(H,21,27)/t12-,17+/m1/s1. The van der Waals surface area contributed by atoms with Gasteiger partial charge in [-0.25, -0.2) is 0 Å². The second-order valence-corrected chi connectivity index (χ2v) is 8.84. The molecule has 0 bridgehead atoms. The molecule has 0 unspecified atom stereocenters. The van der Waals surface area contributed by atoms with Gasteiger partial charge < -0.3 is 25.2 Å². The summed E-state index contributed by atoms with van der Waals surface area (Å²) in [6.07, 6.45) is -2.62. The van der Waals surface area contributed by atoms with Crippen molar-refractivity contribution >= 4 is 40.6 Å². The number of cyclic esters (lactones) is 1. The normalized spacial score (nSPS) is 21.4. The summed E-state index contributed by atoms with van der Waals surface area (Å²) in [5.41, 5.74) is -1.09. The van der Waals surface area contributed by atoms with E-state index in [1.807, 2.05) is 0 Å². The molecule has 2 amide bonds. The molecule has 0 aliphatic carbocycles. The molecule has 1 aliphatic heterocycles. The van der Waals surface area contributed by atoms with E-state index in [1.54, 1.807) is 13.8 Å². The number of nitrogens with one attached hydrogen (secondary N) is 2. The SMILES string of the molecule is C[C@@H](O)CC(=O)OCC(C)(C)[C@H]1OC(=O)CCC(=O)SCCNC(=O)CCNC1=O. The highest BCUT2D eigenvalue weighted by Gasteiger charge is 2.40. The van der Waals surface area contributed by atoms with E-state index in [0.29, 0.717) is 12.3 Å². The Labute approximate surface area is 179 Å². The van der Waals surface area contributed by atoms with Crippen LogP contribution in [0.5, 0.6) is 0 Å². The Morgan fingerprint density at radius 2 is 1.90 bits per heavy atom. The largest absolute Gasteiger partial charge is 0.465 e. The first-order valence-corrected chi connectivity index (χ1v) is 10.7. The fourth-order valence-electron chi connectivity index (χ4n) is 2.51. The molecule has 11 heteroatoms. The van der Waals surface area contributed by atoms with E-state index in [4.69, 9.17) is 9.47 Å². The highest BCUT2D eigenvalue weighted by molar-refractivity contribution is 8.13. The third-order valence-electron chi connectivity index (χ3n) is 4.14. The lowest BCUT2D eigenvalue weighted by molar-refractivity contribution is -0.169.